The maximum Gasteiger partial charge on any atom is 0.161 e. The monoisotopic (exact) mass is 399 g/mol. The second-order valence-electron chi connectivity index (χ2n) is 5.86. The van der Waals surface area contributed by atoms with E-state index in [1.807, 2.05) is 42.5 Å². The molecule has 0 saturated carbocycles. The minimum atomic E-state index is 0. The lowest BCUT2D eigenvalue weighted by Crippen LogP contribution is -2.14. The van der Waals surface area contributed by atoms with E-state index in [2.05, 4.69) is 5.32 Å². The molecule has 0 amide bonds. The molecule has 0 spiro atoms. The predicted octanol–water partition coefficient (Wildman–Crippen LogP) is 4.60. The van der Waals surface area contributed by atoms with Gasteiger partial charge in [0.05, 0.1) is 7.11 Å². The van der Waals surface area contributed by atoms with Gasteiger partial charge in [0.2, 0.25) is 0 Å². The third-order valence-corrected chi connectivity index (χ3v) is 4.09. The Balaban J connectivity index is 0.00000338. The number of nitrogens with one attached hydrogen (secondary N) is 1. The molecule has 26 heavy (non-hydrogen) atoms. The zero-order valence-electron chi connectivity index (χ0n) is 15.0. The molecule has 0 radical (unpaired) electrons. The maximum atomic E-state index is 8.76. The van der Waals surface area contributed by atoms with Gasteiger partial charge in [0.25, 0.3) is 0 Å². The first-order valence-corrected chi connectivity index (χ1v) is 8.96. The van der Waals surface area contributed by atoms with Crippen LogP contribution < -0.4 is 14.8 Å². The van der Waals surface area contributed by atoms with Crippen molar-refractivity contribution in [2.24, 2.45) is 0 Å². The van der Waals surface area contributed by atoms with Crippen LogP contribution >= 0.6 is 24.0 Å². The number of methoxy groups -OCH3 is 1. The van der Waals surface area contributed by atoms with E-state index in [9.17, 15) is 0 Å². The molecule has 0 aliphatic carbocycles. The van der Waals surface area contributed by atoms with Crippen LogP contribution in [0.4, 0.5) is 0 Å². The average molecular weight is 400 g/mol. The van der Waals surface area contributed by atoms with Crippen molar-refractivity contribution in [3.8, 4) is 11.5 Å². The van der Waals surface area contributed by atoms with E-state index in [1.165, 1.54) is 0 Å². The molecule has 4 nitrogen and oxygen atoms in total. The van der Waals surface area contributed by atoms with Crippen molar-refractivity contribution >= 4 is 24.0 Å². The van der Waals surface area contributed by atoms with Crippen LogP contribution in [0.25, 0.3) is 0 Å². The van der Waals surface area contributed by atoms with E-state index in [4.69, 9.17) is 26.2 Å². The van der Waals surface area contributed by atoms with Gasteiger partial charge in [-0.15, -0.1) is 12.4 Å². The largest absolute Gasteiger partial charge is 0.493 e. The van der Waals surface area contributed by atoms with E-state index in [-0.39, 0.29) is 19.0 Å². The molecule has 6 heteroatoms. The molecule has 0 aromatic heterocycles. The van der Waals surface area contributed by atoms with Crippen LogP contribution in [-0.2, 0) is 13.2 Å². The number of unbranched alkanes of at least 4 members (excludes halogenated alkanes) is 2. The quantitative estimate of drug-likeness (QED) is 0.542. The highest BCUT2D eigenvalue weighted by molar-refractivity contribution is 6.30. The lowest BCUT2D eigenvalue weighted by atomic mass is 10.2. The minimum Gasteiger partial charge on any atom is -0.493 e. The van der Waals surface area contributed by atoms with E-state index in [1.54, 1.807) is 7.11 Å². The number of hydrogen-bond donors (Lipinski definition) is 2. The molecule has 2 aromatic carbocycles. The summed E-state index contributed by atoms with van der Waals surface area (Å²) >= 11 is 5.99. The lowest BCUT2D eigenvalue weighted by Gasteiger charge is -2.13. The van der Waals surface area contributed by atoms with Gasteiger partial charge in [-0.1, -0.05) is 29.8 Å². The standard InChI is InChI=1S/C20H26ClNO3.ClH/c1-24-20-13-16(14-22-10-3-2-4-11-23)8-9-19(20)25-15-17-6-5-7-18(21)12-17;/h5-9,12-13,22-23H,2-4,10-11,14-15H2,1H3;1H. The van der Waals surface area contributed by atoms with Crippen LogP contribution in [0.2, 0.25) is 5.02 Å². The number of aliphatic hydroxyl groups is 1. The van der Waals surface area contributed by atoms with E-state index in [0.717, 1.165) is 49.2 Å². The van der Waals surface area contributed by atoms with Crippen LogP contribution in [0, 0.1) is 0 Å². The number of rotatable bonds is 11. The molecule has 0 fully saturated rings. The van der Waals surface area contributed by atoms with Crippen molar-refractivity contribution in [2.45, 2.75) is 32.4 Å². The summed E-state index contributed by atoms with van der Waals surface area (Å²) in [7, 11) is 1.65. The molecule has 0 atom stereocenters. The fourth-order valence-electron chi connectivity index (χ4n) is 2.50. The topological polar surface area (TPSA) is 50.7 Å². The SMILES string of the molecule is COc1cc(CNCCCCCO)ccc1OCc1cccc(Cl)c1.Cl. The molecule has 2 rings (SSSR count). The number of halogens is 2. The van der Waals surface area contributed by atoms with E-state index >= 15 is 0 Å². The first kappa shape index (κ1) is 22.6. The molecule has 2 aromatic rings. The van der Waals surface area contributed by atoms with Crippen molar-refractivity contribution in [1.82, 2.24) is 5.32 Å². The Morgan fingerprint density at radius 3 is 2.58 bits per heavy atom. The predicted molar refractivity (Wildman–Crippen MR) is 109 cm³/mol. The first-order chi connectivity index (χ1) is 12.2. The highest BCUT2D eigenvalue weighted by Crippen LogP contribution is 2.29. The van der Waals surface area contributed by atoms with Crippen LogP contribution in [0.15, 0.2) is 42.5 Å². The second-order valence-corrected chi connectivity index (χ2v) is 6.30. The summed E-state index contributed by atoms with van der Waals surface area (Å²) in [6.45, 7) is 2.44. The smallest absolute Gasteiger partial charge is 0.161 e. The summed E-state index contributed by atoms with van der Waals surface area (Å²) in [5, 5.41) is 12.9. The number of ether oxygens (including phenoxy) is 2. The Kier molecular flexibility index (Phi) is 11.1. The zero-order chi connectivity index (χ0) is 17.9. The fourth-order valence-corrected chi connectivity index (χ4v) is 2.71. The number of hydrogen-bond acceptors (Lipinski definition) is 4. The normalized spacial score (nSPS) is 10.3. The lowest BCUT2D eigenvalue weighted by molar-refractivity contribution is 0.282. The maximum absolute atomic E-state index is 8.76. The third-order valence-electron chi connectivity index (χ3n) is 3.85. The van der Waals surface area contributed by atoms with Crippen molar-refractivity contribution in [3.63, 3.8) is 0 Å². The second kappa shape index (κ2) is 12.8. The van der Waals surface area contributed by atoms with Gasteiger partial charge in [-0.25, -0.2) is 0 Å². The Labute approximate surface area is 166 Å². The van der Waals surface area contributed by atoms with Gasteiger partial charge in [0.15, 0.2) is 11.5 Å². The van der Waals surface area contributed by atoms with Crippen molar-refractivity contribution in [2.75, 3.05) is 20.3 Å². The summed E-state index contributed by atoms with van der Waals surface area (Å²) in [6, 6.07) is 13.6. The van der Waals surface area contributed by atoms with Gasteiger partial charge in [-0.2, -0.15) is 0 Å². The fraction of sp³-hybridized carbons (Fsp3) is 0.400. The molecular weight excluding hydrogens is 373 g/mol. The molecule has 0 saturated heterocycles. The van der Waals surface area contributed by atoms with Gasteiger partial charge in [0.1, 0.15) is 6.61 Å². The molecular formula is C20H27Cl2NO3. The Morgan fingerprint density at radius 1 is 1.00 bits per heavy atom. The summed E-state index contributed by atoms with van der Waals surface area (Å²) in [6.07, 6.45) is 2.98. The van der Waals surface area contributed by atoms with E-state index < -0.39 is 0 Å². The van der Waals surface area contributed by atoms with Crippen LogP contribution in [0.5, 0.6) is 11.5 Å². The molecule has 2 N–H and O–H groups in total. The van der Waals surface area contributed by atoms with Crippen LogP contribution in [-0.4, -0.2) is 25.4 Å². The Morgan fingerprint density at radius 2 is 1.85 bits per heavy atom. The van der Waals surface area contributed by atoms with Crippen molar-refractivity contribution in [1.29, 1.82) is 0 Å². The summed E-state index contributed by atoms with van der Waals surface area (Å²) in [5.41, 5.74) is 2.16. The molecule has 0 unspecified atom stereocenters. The van der Waals surface area contributed by atoms with Crippen LogP contribution in [0.1, 0.15) is 30.4 Å². The van der Waals surface area contributed by atoms with Gasteiger partial charge in [-0.05, 0) is 61.2 Å². The average Bonchev–Trinajstić information content (AvgIpc) is 2.63. The van der Waals surface area contributed by atoms with Crippen molar-refractivity contribution in [3.05, 3.63) is 58.6 Å². The minimum absolute atomic E-state index is 0. The first-order valence-electron chi connectivity index (χ1n) is 8.58. The molecule has 0 aliphatic rings. The highest BCUT2D eigenvalue weighted by Gasteiger charge is 2.06. The van der Waals surface area contributed by atoms with Gasteiger partial charge >= 0.3 is 0 Å². The summed E-state index contributed by atoms with van der Waals surface area (Å²) in [4.78, 5) is 0. The molecule has 0 bridgehead atoms. The molecule has 0 aliphatic heterocycles. The number of aliphatic hydroxyl groups excluding tert-OH is 1. The summed E-state index contributed by atoms with van der Waals surface area (Å²) in [5.74, 6) is 1.44. The van der Waals surface area contributed by atoms with Gasteiger partial charge in [0, 0.05) is 18.2 Å². The molecule has 0 heterocycles. The van der Waals surface area contributed by atoms with E-state index in [0.29, 0.717) is 17.4 Å². The zero-order valence-corrected chi connectivity index (χ0v) is 16.6. The Bertz CT molecular complexity index is 653. The highest BCUT2D eigenvalue weighted by atomic mass is 35.5. The summed E-state index contributed by atoms with van der Waals surface area (Å²) < 4.78 is 11.3. The van der Waals surface area contributed by atoms with Gasteiger partial charge in [-0.3, -0.25) is 0 Å². The van der Waals surface area contributed by atoms with Crippen molar-refractivity contribution < 1.29 is 14.6 Å². The number of benzene rings is 2. The molecule has 144 valence electrons. The Hall–Kier alpha value is -1.46. The van der Waals surface area contributed by atoms with Gasteiger partial charge < -0.3 is 19.9 Å². The third kappa shape index (κ3) is 7.83. The van der Waals surface area contributed by atoms with Crippen LogP contribution in [0.3, 0.4) is 0 Å².